The average molecular weight is 254 g/mol. The van der Waals surface area contributed by atoms with E-state index in [4.69, 9.17) is 5.73 Å². The Hall–Kier alpha value is -0.780. The molecule has 1 atom stereocenters. The minimum atomic E-state index is -4.10. The molecule has 0 rings (SSSR count). The van der Waals surface area contributed by atoms with E-state index in [1.165, 1.54) is 0 Å². The summed E-state index contributed by atoms with van der Waals surface area (Å²) in [6, 6.07) is 0.0783. The van der Waals surface area contributed by atoms with Crippen molar-refractivity contribution >= 4 is 5.91 Å². The molecular weight excluding hydrogens is 233 g/mol. The van der Waals surface area contributed by atoms with E-state index in [1.54, 1.807) is 0 Å². The van der Waals surface area contributed by atoms with Gasteiger partial charge in [0.15, 0.2) is 0 Å². The standard InChI is InChI=1S/C11H21F3N2O/c1-9(15)5-4-6-10(17)16-8-3-2-7-11(12,13)14/h9H,2-8,15H2,1H3,(H,16,17). The monoisotopic (exact) mass is 254 g/mol. The number of nitrogens with two attached hydrogens (primary N) is 1. The summed E-state index contributed by atoms with van der Waals surface area (Å²) in [7, 11) is 0. The summed E-state index contributed by atoms with van der Waals surface area (Å²) in [5, 5.41) is 2.60. The van der Waals surface area contributed by atoms with Crippen molar-refractivity contribution in [3.8, 4) is 0 Å². The van der Waals surface area contributed by atoms with E-state index < -0.39 is 12.6 Å². The van der Waals surface area contributed by atoms with Crippen molar-refractivity contribution in [3.63, 3.8) is 0 Å². The van der Waals surface area contributed by atoms with E-state index in [2.05, 4.69) is 5.32 Å². The van der Waals surface area contributed by atoms with Crippen molar-refractivity contribution in [1.29, 1.82) is 0 Å². The minimum Gasteiger partial charge on any atom is -0.356 e. The van der Waals surface area contributed by atoms with Gasteiger partial charge in [0.2, 0.25) is 5.91 Å². The Morgan fingerprint density at radius 2 is 1.94 bits per heavy atom. The first-order chi connectivity index (χ1) is 7.81. The third-order valence-corrected chi connectivity index (χ3v) is 2.27. The molecule has 6 heteroatoms. The highest BCUT2D eigenvalue weighted by Crippen LogP contribution is 2.21. The molecule has 0 bridgehead atoms. The first-order valence-corrected chi connectivity index (χ1v) is 5.90. The second-order valence-corrected chi connectivity index (χ2v) is 4.29. The van der Waals surface area contributed by atoms with Crippen LogP contribution in [0, 0.1) is 0 Å². The lowest BCUT2D eigenvalue weighted by atomic mass is 10.1. The third kappa shape index (κ3) is 13.2. The van der Waals surface area contributed by atoms with Gasteiger partial charge in [-0.25, -0.2) is 0 Å². The molecule has 0 aromatic carbocycles. The number of nitrogens with one attached hydrogen (secondary N) is 1. The molecule has 0 saturated heterocycles. The van der Waals surface area contributed by atoms with Gasteiger partial charge in [-0.05, 0) is 32.6 Å². The number of carbonyl (C=O) groups excluding carboxylic acids is 1. The summed E-state index contributed by atoms with van der Waals surface area (Å²) in [5.74, 6) is -0.113. The van der Waals surface area contributed by atoms with Crippen LogP contribution in [0.4, 0.5) is 13.2 Å². The second kappa shape index (κ2) is 8.33. The predicted molar refractivity (Wildman–Crippen MR) is 60.4 cm³/mol. The largest absolute Gasteiger partial charge is 0.389 e. The molecule has 0 aliphatic carbocycles. The van der Waals surface area contributed by atoms with Crippen LogP contribution in [0.3, 0.4) is 0 Å². The van der Waals surface area contributed by atoms with E-state index in [1.807, 2.05) is 6.92 Å². The average Bonchev–Trinajstić information content (AvgIpc) is 2.14. The van der Waals surface area contributed by atoms with Gasteiger partial charge in [-0.15, -0.1) is 0 Å². The fourth-order valence-corrected chi connectivity index (χ4v) is 1.35. The number of hydrogen-bond acceptors (Lipinski definition) is 2. The lowest BCUT2D eigenvalue weighted by Gasteiger charge is -2.07. The molecule has 0 fully saturated rings. The van der Waals surface area contributed by atoms with E-state index in [9.17, 15) is 18.0 Å². The first-order valence-electron chi connectivity index (χ1n) is 5.90. The third-order valence-electron chi connectivity index (χ3n) is 2.27. The van der Waals surface area contributed by atoms with Crippen LogP contribution >= 0.6 is 0 Å². The Morgan fingerprint density at radius 3 is 2.47 bits per heavy atom. The van der Waals surface area contributed by atoms with Gasteiger partial charge in [-0.1, -0.05) is 0 Å². The van der Waals surface area contributed by atoms with Crippen LogP contribution in [-0.4, -0.2) is 24.7 Å². The molecule has 0 aromatic rings. The van der Waals surface area contributed by atoms with Crippen LogP contribution in [-0.2, 0) is 4.79 Å². The zero-order valence-electron chi connectivity index (χ0n) is 10.1. The van der Waals surface area contributed by atoms with Crippen molar-refractivity contribution in [3.05, 3.63) is 0 Å². The normalized spacial score (nSPS) is 13.5. The smallest absolute Gasteiger partial charge is 0.356 e. The molecule has 0 radical (unpaired) electrons. The van der Waals surface area contributed by atoms with E-state index in [0.717, 1.165) is 6.42 Å². The lowest BCUT2D eigenvalue weighted by Crippen LogP contribution is -2.25. The fourth-order valence-electron chi connectivity index (χ4n) is 1.35. The molecule has 17 heavy (non-hydrogen) atoms. The highest BCUT2D eigenvalue weighted by atomic mass is 19.4. The SMILES string of the molecule is CC(N)CCCC(=O)NCCCCC(F)(F)F. The molecule has 1 unspecified atom stereocenters. The van der Waals surface area contributed by atoms with E-state index >= 15 is 0 Å². The lowest BCUT2D eigenvalue weighted by molar-refractivity contribution is -0.135. The topological polar surface area (TPSA) is 55.1 Å². The zero-order chi connectivity index (χ0) is 13.3. The van der Waals surface area contributed by atoms with Gasteiger partial charge < -0.3 is 11.1 Å². The van der Waals surface area contributed by atoms with Gasteiger partial charge in [0.1, 0.15) is 0 Å². The quantitative estimate of drug-likeness (QED) is 0.653. The van der Waals surface area contributed by atoms with Gasteiger partial charge in [-0.3, -0.25) is 4.79 Å². The fraction of sp³-hybridized carbons (Fsp3) is 0.909. The number of unbranched alkanes of at least 4 members (excludes halogenated alkanes) is 1. The van der Waals surface area contributed by atoms with E-state index in [-0.39, 0.29) is 18.4 Å². The maximum Gasteiger partial charge on any atom is 0.389 e. The summed E-state index contributed by atoms with van der Waals surface area (Å²) in [5.41, 5.74) is 5.52. The van der Waals surface area contributed by atoms with Crippen LogP contribution < -0.4 is 11.1 Å². The molecule has 3 nitrogen and oxygen atoms in total. The van der Waals surface area contributed by atoms with Crippen LogP contribution in [0.15, 0.2) is 0 Å². The molecule has 0 saturated carbocycles. The summed E-state index contributed by atoms with van der Waals surface area (Å²) in [4.78, 5) is 11.2. The molecule has 0 aliphatic rings. The Morgan fingerprint density at radius 1 is 1.29 bits per heavy atom. The van der Waals surface area contributed by atoms with Crippen molar-refractivity contribution in [2.75, 3.05) is 6.54 Å². The molecule has 102 valence electrons. The maximum atomic E-state index is 11.8. The number of rotatable bonds is 8. The van der Waals surface area contributed by atoms with Crippen molar-refractivity contribution in [2.24, 2.45) is 5.73 Å². The molecule has 0 aromatic heterocycles. The summed E-state index contributed by atoms with van der Waals surface area (Å²) >= 11 is 0. The first kappa shape index (κ1) is 16.2. The van der Waals surface area contributed by atoms with E-state index in [0.29, 0.717) is 25.8 Å². The van der Waals surface area contributed by atoms with Gasteiger partial charge in [-0.2, -0.15) is 13.2 Å². The van der Waals surface area contributed by atoms with Crippen LogP contribution in [0.1, 0.15) is 45.4 Å². The van der Waals surface area contributed by atoms with Crippen molar-refractivity contribution < 1.29 is 18.0 Å². The molecular formula is C11H21F3N2O. The number of hydrogen-bond donors (Lipinski definition) is 2. The summed E-state index contributed by atoms with van der Waals surface area (Å²) in [6.45, 7) is 2.18. The van der Waals surface area contributed by atoms with Crippen molar-refractivity contribution in [2.45, 2.75) is 57.7 Å². The molecule has 1 amide bonds. The zero-order valence-corrected chi connectivity index (χ0v) is 10.1. The van der Waals surface area contributed by atoms with Gasteiger partial charge >= 0.3 is 6.18 Å². The molecule has 3 N–H and O–H groups in total. The van der Waals surface area contributed by atoms with Crippen LogP contribution in [0.5, 0.6) is 0 Å². The highest BCUT2D eigenvalue weighted by Gasteiger charge is 2.25. The summed E-state index contributed by atoms with van der Waals surface area (Å²) in [6.07, 6.45) is -2.58. The van der Waals surface area contributed by atoms with Crippen LogP contribution in [0.25, 0.3) is 0 Å². The Bertz CT molecular complexity index is 217. The number of amides is 1. The Kier molecular flexibility index (Phi) is 7.95. The molecule has 0 aliphatic heterocycles. The minimum absolute atomic E-state index is 0.0591. The summed E-state index contributed by atoms with van der Waals surface area (Å²) < 4.78 is 35.4. The Labute approximate surface area is 99.9 Å². The number of alkyl halides is 3. The number of carbonyl (C=O) groups is 1. The van der Waals surface area contributed by atoms with Gasteiger partial charge in [0.05, 0.1) is 0 Å². The van der Waals surface area contributed by atoms with Gasteiger partial charge in [0, 0.05) is 25.4 Å². The molecule has 0 spiro atoms. The molecule has 0 heterocycles. The number of halogens is 3. The maximum absolute atomic E-state index is 11.8. The second-order valence-electron chi connectivity index (χ2n) is 4.29. The predicted octanol–water partition coefficient (Wildman–Crippen LogP) is 2.35. The van der Waals surface area contributed by atoms with Crippen LogP contribution in [0.2, 0.25) is 0 Å². The van der Waals surface area contributed by atoms with Gasteiger partial charge in [0.25, 0.3) is 0 Å². The highest BCUT2D eigenvalue weighted by molar-refractivity contribution is 5.75. The van der Waals surface area contributed by atoms with Crippen molar-refractivity contribution in [1.82, 2.24) is 5.32 Å². The Balaban J connectivity index is 3.34.